The Hall–Kier alpha value is -6.18. The lowest BCUT2D eigenvalue weighted by Crippen LogP contribution is -2.30. The van der Waals surface area contributed by atoms with Crippen molar-refractivity contribution >= 4 is 27.4 Å². The zero-order valence-electron chi connectivity index (χ0n) is 31.0. The molecule has 0 aliphatic heterocycles. The summed E-state index contributed by atoms with van der Waals surface area (Å²) in [6, 6.07) is 52.6. The van der Waals surface area contributed by atoms with Crippen LogP contribution in [0.4, 0.5) is 0 Å². The molecule has 0 amide bonds. The monoisotopic (exact) mass is 705 g/mol. The van der Waals surface area contributed by atoms with Gasteiger partial charge in [-0.3, -0.25) is 0 Å². The van der Waals surface area contributed by atoms with E-state index in [0.717, 1.165) is 6.42 Å². The Morgan fingerprint density at radius 1 is 0.564 bits per heavy atom. The zero-order valence-corrected chi connectivity index (χ0v) is 31.0. The molecule has 1 nitrogen and oxygen atoms in total. The van der Waals surface area contributed by atoms with Gasteiger partial charge in [-0.25, -0.2) is 0 Å². The van der Waals surface area contributed by atoms with Crippen LogP contribution in [-0.2, 0) is 12.8 Å². The second-order valence-electron chi connectivity index (χ2n) is 15.8. The van der Waals surface area contributed by atoms with Crippen LogP contribution in [0.2, 0.25) is 0 Å². The van der Waals surface area contributed by atoms with Gasteiger partial charge in [0, 0.05) is 28.3 Å². The Kier molecular flexibility index (Phi) is 7.80. The van der Waals surface area contributed by atoms with Crippen molar-refractivity contribution in [1.29, 1.82) is 0 Å². The maximum Gasteiger partial charge on any atom is 0.0541 e. The Balaban J connectivity index is 0.958. The number of nitrogens with zero attached hydrogens (tertiary/aromatic N) is 1. The van der Waals surface area contributed by atoms with E-state index in [2.05, 4.69) is 187 Å². The zero-order chi connectivity index (χ0) is 36.3. The maximum atomic E-state index is 2.46. The minimum atomic E-state index is 0.332. The molecule has 0 N–H and O–H groups in total. The molecule has 3 unspecified atom stereocenters. The topological polar surface area (TPSA) is 4.93 Å². The van der Waals surface area contributed by atoms with Crippen molar-refractivity contribution in [3.05, 3.63) is 215 Å². The Morgan fingerprint density at radius 3 is 2.24 bits per heavy atom. The van der Waals surface area contributed by atoms with Crippen LogP contribution in [0.1, 0.15) is 47.4 Å². The molecule has 4 aliphatic rings. The number of para-hydroxylation sites is 1. The lowest BCUT2D eigenvalue weighted by molar-refractivity contribution is 0.419. The van der Waals surface area contributed by atoms with E-state index in [-0.39, 0.29) is 0 Å². The van der Waals surface area contributed by atoms with E-state index >= 15 is 0 Å². The number of aryl methyl sites for hydroxylation is 1. The average Bonchev–Trinajstić information content (AvgIpc) is 3.59. The molecule has 0 bridgehead atoms. The quantitative estimate of drug-likeness (QED) is 0.168. The third kappa shape index (κ3) is 5.36. The number of hydrogen-bond acceptors (Lipinski definition) is 0. The second kappa shape index (κ2) is 13.3. The molecule has 7 aromatic rings. The number of allylic oxidation sites excluding steroid dienone is 10. The van der Waals surface area contributed by atoms with E-state index in [9.17, 15) is 0 Å². The van der Waals surface area contributed by atoms with Crippen molar-refractivity contribution in [1.82, 2.24) is 4.57 Å². The Morgan fingerprint density at radius 2 is 1.35 bits per heavy atom. The summed E-state index contributed by atoms with van der Waals surface area (Å²) >= 11 is 0. The molecule has 11 rings (SSSR count). The lowest BCUT2D eigenvalue weighted by Gasteiger charge is -2.43. The minimum Gasteiger partial charge on any atom is -0.309 e. The van der Waals surface area contributed by atoms with Gasteiger partial charge in [0.2, 0.25) is 0 Å². The van der Waals surface area contributed by atoms with Gasteiger partial charge in [0.15, 0.2) is 0 Å². The molecule has 0 saturated carbocycles. The second-order valence-corrected chi connectivity index (χ2v) is 15.8. The van der Waals surface area contributed by atoms with Crippen LogP contribution in [0.25, 0.3) is 55.3 Å². The van der Waals surface area contributed by atoms with E-state index in [4.69, 9.17) is 0 Å². The standard InChI is InChI=1S/C54H43N/c1-2-14-39(15-3-1)53-46-19-6-8-21-48(46)54(49-22-9-7-20-47(49)53)40-29-32-42(33-30-40)55-51-24-11-10-18-45(51)50-35-41(31-34-52(50)55)36-25-27-38(28-26-36)44-23-12-16-37-13-4-5-17-43(37)44/h1-3,6-12,14-16,18-21,23-35,48-49,54H,4-5,13,17,22H2. The predicted molar refractivity (Wildman–Crippen MR) is 231 cm³/mol. The van der Waals surface area contributed by atoms with Crippen LogP contribution in [0.3, 0.4) is 0 Å². The summed E-state index contributed by atoms with van der Waals surface area (Å²) < 4.78 is 2.46. The first kappa shape index (κ1) is 32.3. The minimum absolute atomic E-state index is 0.332. The SMILES string of the molecule is C1=CCC2C(=C1)C(c1ccccc1)=C1C=CC=CC1C2c1ccc(-n2c3ccccc3c3cc(-c4ccc(-c5cccc6c5CCCC6)cc4)ccc32)cc1. The fraction of sp³-hybridized carbons (Fsp3) is 0.148. The summed E-state index contributed by atoms with van der Waals surface area (Å²) in [5.74, 6) is 1.13. The molecule has 6 aromatic carbocycles. The molecule has 1 heterocycles. The van der Waals surface area contributed by atoms with Gasteiger partial charge >= 0.3 is 0 Å². The third-order valence-corrected chi connectivity index (χ3v) is 12.9. The summed E-state index contributed by atoms with van der Waals surface area (Å²) in [7, 11) is 0. The van der Waals surface area contributed by atoms with Gasteiger partial charge < -0.3 is 4.57 Å². The Labute approximate surface area is 324 Å². The van der Waals surface area contributed by atoms with Gasteiger partial charge in [0.25, 0.3) is 0 Å². The lowest BCUT2D eigenvalue weighted by atomic mass is 9.60. The highest BCUT2D eigenvalue weighted by molar-refractivity contribution is 6.10. The number of hydrogen-bond donors (Lipinski definition) is 0. The summed E-state index contributed by atoms with van der Waals surface area (Å²) in [5, 5.41) is 2.58. The molecule has 4 aliphatic carbocycles. The van der Waals surface area contributed by atoms with E-state index in [0.29, 0.717) is 17.8 Å². The van der Waals surface area contributed by atoms with Crippen LogP contribution in [0.15, 0.2) is 193 Å². The van der Waals surface area contributed by atoms with Crippen LogP contribution < -0.4 is 0 Å². The number of aromatic nitrogens is 1. The number of fused-ring (bicyclic) bond motifs is 6. The largest absolute Gasteiger partial charge is 0.309 e. The van der Waals surface area contributed by atoms with Crippen molar-refractivity contribution in [2.24, 2.45) is 11.8 Å². The highest BCUT2D eigenvalue weighted by Gasteiger charge is 2.41. The predicted octanol–water partition coefficient (Wildman–Crippen LogP) is 13.8. The summed E-state index contributed by atoms with van der Waals surface area (Å²) in [6.07, 6.45) is 22.3. The van der Waals surface area contributed by atoms with Crippen LogP contribution >= 0.6 is 0 Å². The fourth-order valence-corrected chi connectivity index (χ4v) is 10.3. The van der Waals surface area contributed by atoms with Gasteiger partial charge in [0.1, 0.15) is 0 Å². The fourth-order valence-electron chi connectivity index (χ4n) is 10.3. The van der Waals surface area contributed by atoms with E-state index < -0.39 is 0 Å². The van der Waals surface area contributed by atoms with Crippen molar-refractivity contribution in [3.8, 4) is 27.9 Å². The molecular weight excluding hydrogens is 663 g/mol. The van der Waals surface area contributed by atoms with Gasteiger partial charge in [-0.1, -0.05) is 152 Å². The average molecular weight is 706 g/mol. The Bertz CT molecular complexity index is 2760. The first-order valence-electron chi connectivity index (χ1n) is 20.2. The molecule has 1 aromatic heterocycles. The molecule has 0 fully saturated rings. The molecule has 0 radical (unpaired) electrons. The van der Waals surface area contributed by atoms with Gasteiger partial charge in [-0.15, -0.1) is 0 Å². The smallest absolute Gasteiger partial charge is 0.0541 e. The first-order chi connectivity index (χ1) is 27.3. The molecule has 1 heteroatoms. The molecule has 55 heavy (non-hydrogen) atoms. The van der Waals surface area contributed by atoms with Gasteiger partial charge in [-0.05, 0) is 130 Å². The van der Waals surface area contributed by atoms with E-state index in [1.807, 2.05) is 0 Å². The molecule has 264 valence electrons. The van der Waals surface area contributed by atoms with Crippen LogP contribution in [0, 0.1) is 11.8 Å². The van der Waals surface area contributed by atoms with Crippen molar-refractivity contribution in [3.63, 3.8) is 0 Å². The highest BCUT2D eigenvalue weighted by Crippen LogP contribution is 2.54. The number of rotatable bonds is 5. The summed E-state index contributed by atoms with van der Waals surface area (Å²) in [6.45, 7) is 0. The van der Waals surface area contributed by atoms with E-state index in [1.54, 1.807) is 5.56 Å². The van der Waals surface area contributed by atoms with Gasteiger partial charge in [0.05, 0.1) is 11.0 Å². The van der Waals surface area contributed by atoms with E-state index in [1.165, 1.54) is 109 Å². The van der Waals surface area contributed by atoms with Gasteiger partial charge in [-0.2, -0.15) is 0 Å². The number of benzene rings is 6. The highest BCUT2D eigenvalue weighted by atomic mass is 15.0. The molecular formula is C54H43N. The normalized spacial score (nSPS) is 20.0. The van der Waals surface area contributed by atoms with Crippen molar-refractivity contribution in [2.45, 2.75) is 38.0 Å². The maximum absolute atomic E-state index is 2.46. The van der Waals surface area contributed by atoms with Crippen molar-refractivity contribution < 1.29 is 0 Å². The third-order valence-electron chi connectivity index (χ3n) is 12.9. The first-order valence-corrected chi connectivity index (χ1v) is 20.2. The molecule has 3 atom stereocenters. The molecule has 0 saturated heterocycles. The van der Waals surface area contributed by atoms with Crippen LogP contribution in [-0.4, -0.2) is 4.57 Å². The summed E-state index contributed by atoms with van der Waals surface area (Å²) in [5.41, 5.74) is 19.1. The van der Waals surface area contributed by atoms with Crippen molar-refractivity contribution in [2.75, 3.05) is 0 Å². The molecule has 0 spiro atoms. The van der Waals surface area contributed by atoms with Crippen LogP contribution in [0.5, 0.6) is 0 Å². The summed E-state index contributed by atoms with van der Waals surface area (Å²) in [4.78, 5) is 0.